The largest absolute Gasteiger partial charge is 0.298 e. The van der Waals surface area contributed by atoms with Gasteiger partial charge in [0.2, 0.25) is 0 Å². The van der Waals surface area contributed by atoms with Gasteiger partial charge in [-0.1, -0.05) is 83.9 Å². The molecular formula is C54H34Cl2N8S2. The fourth-order valence-corrected chi connectivity index (χ4v) is 11.3. The molecule has 66 heavy (non-hydrogen) atoms. The summed E-state index contributed by atoms with van der Waals surface area (Å²) < 4.78 is 6.66. The smallest absolute Gasteiger partial charge is 0.108 e. The van der Waals surface area contributed by atoms with E-state index in [-0.39, 0.29) is 0 Å². The Balaban J connectivity index is 0.000000146. The lowest BCUT2D eigenvalue weighted by Gasteiger charge is -2.10. The van der Waals surface area contributed by atoms with E-state index in [9.17, 15) is 0 Å². The van der Waals surface area contributed by atoms with E-state index in [1.54, 1.807) is 35.1 Å². The summed E-state index contributed by atoms with van der Waals surface area (Å²) in [7, 11) is 0. The van der Waals surface area contributed by atoms with Crippen LogP contribution in [0.1, 0.15) is 24.0 Å². The number of hydrogen-bond donors (Lipinski definition) is 0. The number of aryl methyl sites for hydroxylation is 2. The number of nitrogens with zero attached hydrogens (tertiary/aromatic N) is 8. The third-order valence-corrected chi connectivity index (χ3v) is 14.7. The van der Waals surface area contributed by atoms with Crippen molar-refractivity contribution >= 4 is 110 Å². The zero-order chi connectivity index (χ0) is 44.7. The molecule has 0 unspecified atom stereocenters. The highest BCUT2D eigenvalue weighted by molar-refractivity contribution is 7.22. The maximum Gasteiger partial charge on any atom is 0.108 e. The molecule has 0 radical (unpaired) electrons. The van der Waals surface area contributed by atoms with Crippen molar-refractivity contribution in [2.45, 2.75) is 25.7 Å². The van der Waals surface area contributed by atoms with Crippen LogP contribution in [-0.4, -0.2) is 29.1 Å². The number of aromatic nitrogens is 6. The topological polar surface area (TPSA) is 109 Å². The van der Waals surface area contributed by atoms with E-state index < -0.39 is 0 Å². The van der Waals surface area contributed by atoms with Crippen molar-refractivity contribution < 1.29 is 0 Å². The number of nitriles is 2. The summed E-state index contributed by atoms with van der Waals surface area (Å²) in [4.78, 5) is 20.7. The van der Waals surface area contributed by atoms with Crippen LogP contribution in [0.4, 0.5) is 0 Å². The van der Waals surface area contributed by atoms with Crippen LogP contribution in [0, 0.1) is 22.7 Å². The first-order valence-corrected chi connectivity index (χ1v) is 23.6. The number of pyridine rings is 2. The molecule has 0 aliphatic carbocycles. The van der Waals surface area contributed by atoms with Crippen molar-refractivity contribution in [3.05, 3.63) is 180 Å². The molecule has 6 aromatic carbocycles. The van der Waals surface area contributed by atoms with Gasteiger partial charge in [0.1, 0.15) is 23.7 Å². The van der Waals surface area contributed by atoms with Crippen LogP contribution in [-0.2, 0) is 12.8 Å². The highest BCUT2D eigenvalue weighted by Crippen LogP contribution is 2.42. The highest BCUT2D eigenvalue weighted by Gasteiger charge is 2.17. The molecule has 0 aliphatic rings. The minimum absolute atomic E-state index is 0.519. The number of halogens is 2. The van der Waals surface area contributed by atoms with E-state index in [1.165, 1.54) is 20.2 Å². The molecule has 0 saturated heterocycles. The molecule has 8 nitrogen and oxygen atoms in total. The monoisotopic (exact) mass is 928 g/mol. The van der Waals surface area contributed by atoms with Gasteiger partial charge in [0.05, 0.1) is 56.6 Å². The second-order valence-electron chi connectivity index (χ2n) is 15.9. The van der Waals surface area contributed by atoms with Crippen LogP contribution in [0.25, 0.3) is 96.3 Å². The van der Waals surface area contributed by atoms with Crippen LogP contribution in [0.2, 0.25) is 10.0 Å². The number of rotatable bonds is 8. The second-order valence-corrected chi connectivity index (χ2v) is 18.8. The van der Waals surface area contributed by atoms with Crippen LogP contribution in [0.15, 0.2) is 159 Å². The van der Waals surface area contributed by atoms with Crippen molar-refractivity contribution in [3.8, 4) is 44.4 Å². The van der Waals surface area contributed by atoms with Gasteiger partial charge >= 0.3 is 0 Å². The van der Waals surface area contributed by atoms with Gasteiger partial charge < -0.3 is 0 Å². The van der Waals surface area contributed by atoms with Crippen LogP contribution in [0.3, 0.4) is 0 Å². The summed E-state index contributed by atoms with van der Waals surface area (Å²) in [6, 6.07) is 50.3. The molecule has 0 fully saturated rings. The Morgan fingerprint density at radius 3 is 1.32 bits per heavy atom. The lowest BCUT2D eigenvalue weighted by Crippen LogP contribution is -1.94. The third kappa shape index (κ3) is 7.70. The first-order valence-electron chi connectivity index (χ1n) is 21.2. The lowest BCUT2D eigenvalue weighted by atomic mass is 10.1. The summed E-state index contributed by atoms with van der Waals surface area (Å²) in [5.41, 5.74) is 11.7. The Hall–Kier alpha value is -7.44. The van der Waals surface area contributed by atoms with Gasteiger partial charge in [-0.05, 0) is 108 Å². The number of imidazole rings is 2. The Morgan fingerprint density at radius 1 is 0.485 bits per heavy atom. The normalized spacial score (nSPS) is 11.4. The van der Waals surface area contributed by atoms with Crippen molar-refractivity contribution in [3.63, 3.8) is 0 Å². The SMILES string of the molecule is N#CCCc1ccc(-n2cnc3cnc4cc(Cl)c(-c5cc6ccccc6s5)cc4c32)cc1.N#CCCc1ccc(-n2cnc3cnc4cc(Cl)c(-c5cc6ccccc6s5)cc4c32)cc1. The Bertz CT molecular complexity index is 3570. The molecule has 0 amide bonds. The first kappa shape index (κ1) is 41.3. The summed E-state index contributed by atoms with van der Waals surface area (Å²) in [6.07, 6.45) is 9.82. The van der Waals surface area contributed by atoms with E-state index in [1.807, 2.05) is 24.8 Å². The molecule has 12 aromatic rings. The number of thiophene rings is 2. The zero-order valence-corrected chi connectivity index (χ0v) is 38.1. The van der Waals surface area contributed by atoms with Gasteiger partial charge in [-0.15, -0.1) is 22.7 Å². The van der Waals surface area contributed by atoms with Crippen molar-refractivity contribution in [2.24, 2.45) is 0 Å². The first-order chi connectivity index (χ1) is 32.4. The van der Waals surface area contributed by atoms with Crippen LogP contribution < -0.4 is 0 Å². The van der Waals surface area contributed by atoms with Gasteiger partial charge in [-0.25, -0.2) is 9.97 Å². The maximum absolute atomic E-state index is 8.84. The molecule has 0 spiro atoms. The average molecular weight is 930 g/mol. The second kappa shape index (κ2) is 17.5. The fourth-order valence-electron chi connectivity index (χ4n) is 8.47. The predicted octanol–water partition coefficient (Wildman–Crippen LogP) is 15.1. The molecule has 12 heteroatoms. The molecule has 0 aliphatic heterocycles. The standard InChI is InChI=1S/2C27H17ClN4S/c2*28-22-14-23-21(13-20(22)26-12-18-5-1-2-6-25(18)33-26)27-24(15-30-23)31-16-32(27)19-9-7-17(8-10-19)4-3-11-29/h2*1-2,5-10,12-16H,3-4H2. The van der Waals surface area contributed by atoms with Crippen molar-refractivity contribution in [1.82, 2.24) is 29.1 Å². The van der Waals surface area contributed by atoms with Crippen molar-refractivity contribution in [1.29, 1.82) is 10.5 Å². The molecule has 6 aromatic heterocycles. The average Bonchev–Trinajstić information content (AvgIpc) is 4.18. The summed E-state index contributed by atoms with van der Waals surface area (Å²) in [6.45, 7) is 0. The van der Waals surface area contributed by atoms with E-state index in [4.69, 9.17) is 33.7 Å². The van der Waals surface area contributed by atoms with E-state index in [2.05, 4.69) is 163 Å². The van der Waals surface area contributed by atoms with Gasteiger partial charge in [0.15, 0.2) is 0 Å². The number of benzene rings is 6. The molecular weight excluding hydrogens is 896 g/mol. The summed E-state index contributed by atoms with van der Waals surface area (Å²) >= 11 is 16.9. The quantitative estimate of drug-likeness (QED) is 0.150. The van der Waals surface area contributed by atoms with Gasteiger partial charge in [-0.3, -0.25) is 19.1 Å². The van der Waals surface area contributed by atoms with E-state index in [0.29, 0.717) is 22.9 Å². The molecule has 0 atom stereocenters. The summed E-state index contributed by atoms with van der Waals surface area (Å²) in [5.74, 6) is 0. The van der Waals surface area contributed by atoms with Gasteiger partial charge in [0.25, 0.3) is 0 Å². The zero-order valence-electron chi connectivity index (χ0n) is 35.0. The van der Waals surface area contributed by atoms with E-state index in [0.717, 1.165) is 100 Å². The molecule has 0 saturated carbocycles. The van der Waals surface area contributed by atoms with Crippen LogP contribution in [0.5, 0.6) is 0 Å². The minimum Gasteiger partial charge on any atom is -0.298 e. The Kier molecular flexibility index (Phi) is 10.9. The fraction of sp³-hybridized carbons (Fsp3) is 0.0741. The van der Waals surface area contributed by atoms with E-state index >= 15 is 0 Å². The van der Waals surface area contributed by atoms with Gasteiger partial charge in [-0.2, -0.15) is 10.5 Å². The molecule has 0 N–H and O–H groups in total. The van der Waals surface area contributed by atoms with Gasteiger partial charge in [0, 0.05) is 65.3 Å². The molecule has 316 valence electrons. The lowest BCUT2D eigenvalue weighted by molar-refractivity contribution is 1.00. The molecule has 12 rings (SSSR count). The van der Waals surface area contributed by atoms with Crippen LogP contribution >= 0.6 is 45.9 Å². The third-order valence-electron chi connectivity index (χ3n) is 11.8. The number of fused-ring (bicyclic) bond motifs is 8. The number of hydrogen-bond acceptors (Lipinski definition) is 8. The van der Waals surface area contributed by atoms with Crippen molar-refractivity contribution in [2.75, 3.05) is 0 Å². The minimum atomic E-state index is 0.519. The predicted molar refractivity (Wildman–Crippen MR) is 272 cm³/mol. The molecule has 6 heterocycles. The highest BCUT2D eigenvalue weighted by atomic mass is 35.5. The molecule has 0 bridgehead atoms. The summed E-state index contributed by atoms with van der Waals surface area (Å²) in [5, 5.41) is 23.5. The Morgan fingerprint density at radius 2 is 0.909 bits per heavy atom. The maximum atomic E-state index is 8.84. The Labute approximate surface area is 396 Å².